The number of nitro groups is 1. The number of benzene rings is 1. The van der Waals surface area contributed by atoms with Crippen LogP contribution in [-0.4, -0.2) is 12.0 Å². The van der Waals surface area contributed by atoms with Crippen LogP contribution in [0.25, 0.3) is 11.3 Å². The van der Waals surface area contributed by atoms with Crippen LogP contribution in [0.4, 0.5) is 5.69 Å². The predicted octanol–water partition coefficient (Wildman–Crippen LogP) is 3.88. The van der Waals surface area contributed by atoms with Crippen molar-refractivity contribution in [3.8, 4) is 11.3 Å². The molecule has 2 aromatic rings. The monoisotopic (exact) mass is 273 g/mol. The average Bonchev–Trinajstić information content (AvgIpc) is 2.91. The van der Waals surface area contributed by atoms with Crippen molar-refractivity contribution in [3.63, 3.8) is 0 Å². The zero-order valence-corrected chi connectivity index (χ0v) is 11.2. The number of ether oxygens (including phenoxy) is 1. The number of non-ortho nitro benzene ring substituents is 1. The van der Waals surface area contributed by atoms with E-state index in [1.807, 2.05) is 6.07 Å². The molecule has 1 heterocycles. The van der Waals surface area contributed by atoms with Crippen LogP contribution in [0.15, 0.2) is 34.7 Å². The topological polar surface area (TPSA) is 65.5 Å². The zero-order valence-electron chi connectivity index (χ0n) is 11.2. The number of hydrogen-bond acceptors (Lipinski definition) is 4. The van der Waals surface area contributed by atoms with Crippen molar-refractivity contribution in [1.82, 2.24) is 0 Å². The number of furan rings is 1. The van der Waals surface area contributed by atoms with E-state index in [2.05, 4.69) is 0 Å². The molecule has 0 radical (unpaired) electrons. The Morgan fingerprint density at radius 3 is 2.75 bits per heavy atom. The molecule has 0 saturated heterocycles. The van der Waals surface area contributed by atoms with Gasteiger partial charge in [0.2, 0.25) is 0 Å². The summed E-state index contributed by atoms with van der Waals surface area (Å²) in [6.45, 7) is 0. The summed E-state index contributed by atoms with van der Waals surface area (Å²) < 4.78 is 11.3. The molecule has 1 aliphatic carbocycles. The highest BCUT2D eigenvalue weighted by Gasteiger charge is 2.24. The van der Waals surface area contributed by atoms with E-state index in [0.717, 1.165) is 41.9 Å². The van der Waals surface area contributed by atoms with E-state index in [-0.39, 0.29) is 11.8 Å². The molecule has 1 aromatic carbocycles. The van der Waals surface area contributed by atoms with E-state index in [0.29, 0.717) is 0 Å². The van der Waals surface area contributed by atoms with E-state index < -0.39 is 4.92 Å². The van der Waals surface area contributed by atoms with Crippen molar-refractivity contribution >= 4 is 5.69 Å². The van der Waals surface area contributed by atoms with Gasteiger partial charge in [0.05, 0.1) is 11.0 Å². The van der Waals surface area contributed by atoms with Crippen LogP contribution < -0.4 is 0 Å². The first kappa shape index (κ1) is 12.9. The molecule has 20 heavy (non-hydrogen) atoms. The Bertz CT molecular complexity index is 630. The smallest absolute Gasteiger partial charge is 0.269 e. The Morgan fingerprint density at radius 2 is 2.10 bits per heavy atom. The van der Waals surface area contributed by atoms with E-state index >= 15 is 0 Å². The van der Waals surface area contributed by atoms with Gasteiger partial charge in [0, 0.05) is 36.8 Å². The minimum absolute atomic E-state index is 0.0832. The molecule has 1 unspecified atom stereocenters. The van der Waals surface area contributed by atoms with Gasteiger partial charge in [0.1, 0.15) is 11.5 Å². The van der Waals surface area contributed by atoms with Crippen LogP contribution in [0, 0.1) is 10.1 Å². The number of aryl methyl sites for hydroxylation is 1. The Hall–Kier alpha value is -2.14. The highest BCUT2D eigenvalue weighted by Crippen LogP contribution is 2.37. The van der Waals surface area contributed by atoms with Gasteiger partial charge < -0.3 is 9.15 Å². The third kappa shape index (κ3) is 2.20. The van der Waals surface area contributed by atoms with Crippen molar-refractivity contribution in [2.24, 2.45) is 0 Å². The number of hydrogen-bond donors (Lipinski definition) is 0. The first-order chi connectivity index (χ1) is 9.69. The standard InChI is InChI=1S/C15H15NO4/c1-19-13-3-2-4-14-12(13)9-15(20-14)10-5-7-11(8-6-10)16(17)18/h5-9,13H,2-4H2,1H3. The van der Waals surface area contributed by atoms with Gasteiger partial charge in [-0.05, 0) is 31.0 Å². The molecular formula is C15H15NO4. The molecule has 5 heteroatoms. The Morgan fingerprint density at radius 1 is 1.35 bits per heavy atom. The van der Waals surface area contributed by atoms with Crippen molar-refractivity contribution in [1.29, 1.82) is 0 Å². The average molecular weight is 273 g/mol. The highest BCUT2D eigenvalue weighted by molar-refractivity contribution is 5.61. The number of rotatable bonds is 3. The molecule has 0 fully saturated rings. The minimum atomic E-state index is -0.405. The highest BCUT2D eigenvalue weighted by atomic mass is 16.6. The van der Waals surface area contributed by atoms with Crippen LogP contribution in [0.2, 0.25) is 0 Å². The number of nitro benzene ring substituents is 1. The quantitative estimate of drug-likeness (QED) is 0.628. The molecule has 0 saturated carbocycles. The largest absolute Gasteiger partial charge is 0.461 e. The Kier molecular flexibility index (Phi) is 3.28. The molecule has 0 spiro atoms. The summed E-state index contributed by atoms with van der Waals surface area (Å²) in [7, 11) is 1.71. The van der Waals surface area contributed by atoms with Crippen molar-refractivity contribution in [3.05, 3.63) is 51.8 Å². The van der Waals surface area contributed by atoms with Gasteiger partial charge in [0.15, 0.2) is 0 Å². The normalized spacial score (nSPS) is 17.8. The lowest BCUT2D eigenvalue weighted by molar-refractivity contribution is -0.384. The first-order valence-corrected chi connectivity index (χ1v) is 6.59. The molecule has 1 aliphatic rings. The molecule has 0 aliphatic heterocycles. The Balaban J connectivity index is 1.95. The second kappa shape index (κ2) is 5.09. The summed E-state index contributed by atoms with van der Waals surface area (Å²) in [5, 5.41) is 10.7. The van der Waals surface area contributed by atoms with E-state index in [1.165, 1.54) is 12.1 Å². The second-order valence-corrected chi connectivity index (χ2v) is 4.91. The third-order valence-corrected chi connectivity index (χ3v) is 3.71. The first-order valence-electron chi connectivity index (χ1n) is 6.59. The summed E-state index contributed by atoms with van der Waals surface area (Å²) >= 11 is 0. The van der Waals surface area contributed by atoms with Gasteiger partial charge in [-0.2, -0.15) is 0 Å². The number of fused-ring (bicyclic) bond motifs is 1. The maximum absolute atomic E-state index is 10.7. The van der Waals surface area contributed by atoms with Gasteiger partial charge in [-0.3, -0.25) is 10.1 Å². The van der Waals surface area contributed by atoms with Crippen LogP contribution in [-0.2, 0) is 11.2 Å². The van der Waals surface area contributed by atoms with Crippen molar-refractivity contribution in [2.75, 3.05) is 7.11 Å². The summed E-state index contributed by atoms with van der Waals surface area (Å²) in [4.78, 5) is 10.3. The van der Waals surface area contributed by atoms with E-state index in [9.17, 15) is 10.1 Å². The molecule has 0 N–H and O–H groups in total. The van der Waals surface area contributed by atoms with E-state index in [1.54, 1.807) is 19.2 Å². The maximum Gasteiger partial charge on any atom is 0.269 e. The second-order valence-electron chi connectivity index (χ2n) is 4.91. The Labute approximate surface area is 116 Å². The van der Waals surface area contributed by atoms with Crippen molar-refractivity contribution in [2.45, 2.75) is 25.4 Å². The molecule has 1 aromatic heterocycles. The third-order valence-electron chi connectivity index (χ3n) is 3.71. The van der Waals surface area contributed by atoms with Gasteiger partial charge in [-0.25, -0.2) is 0 Å². The molecule has 3 rings (SSSR count). The van der Waals surface area contributed by atoms with Crippen LogP contribution in [0.1, 0.15) is 30.3 Å². The molecule has 1 atom stereocenters. The van der Waals surface area contributed by atoms with Gasteiger partial charge in [-0.15, -0.1) is 0 Å². The van der Waals surface area contributed by atoms with Crippen LogP contribution in [0.3, 0.4) is 0 Å². The predicted molar refractivity (Wildman–Crippen MR) is 73.5 cm³/mol. The summed E-state index contributed by atoms with van der Waals surface area (Å²) in [5.74, 6) is 1.71. The van der Waals surface area contributed by atoms with Gasteiger partial charge in [0.25, 0.3) is 5.69 Å². The van der Waals surface area contributed by atoms with Crippen LogP contribution in [0.5, 0.6) is 0 Å². The minimum Gasteiger partial charge on any atom is -0.461 e. The summed E-state index contributed by atoms with van der Waals surface area (Å²) in [6, 6.07) is 8.40. The molecule has 5 nitrogen and oxygen atoms in total. The van der Waals surface area contributed by atoms with Gasteiger partial charge >= 0.3 is 0 Å². The van der Waals surface area contributed by atoms with Gasteiger partial charge in [-0.1, -0.05) is 0 Å². The lowest BCUT2D eigenvalue weighted by Gasteiger charge is -2.19. The molecule has 104 valence electrons. The summed E-state index contributed by atoms with van der Waals surface area (Å²) in [6.07, 6.45) is 3.07. The van der Waals surface area contributed by atoms with E-state index in [4.69, 9.17) is 9.15 Å². The zero-order chi connectivity index (χ0) is 14.1. The fraction of sp³-hybridized carbons (Fsp3) is 0.333. The van der Waals surface area contributed by atoms with Crippen molar-refractivity contribution < 1.29 is 14.1 Å². The summed E-state index contributed by atoms with van der Waals surface area (Å²) in [5.41, 5.74) is 2.03. The number of nitrogens with zero attached hydrogens (tertiary/aromatic N) is 1. The molecule has 0 bridgehead atoms. The lowest BCUT2D eigenvalue weighted by atomic mass is 9.95. The fourth-order valence-electron chi connectivity index (χ4n) is 2.65. The van der Waals surface area contributed by atoms with Crippen LogP contribution >= 0.6 is 0 Å². The molecule has 0 amide bonds. The number of methoxy groups -OCH3 is 1. The maximum atomic E-state index is 10.7. The fourth-order valence-corrected chi connectivity index (χ4v) is 2.65. The molecular weight excluding hydrogens is 258 g/mol. The lowest BCUT2D eigenvalue weighted by Crippen LogP contribution is -2.08. The SMILES string of the molecule is COC1CCCc2oc(-c3ccc([N+](=O)[O-])cc3)cc21.